The number of aromatic nitrogens is 9. The van der Waals surface area contributed by atoms with Gasteiger partial charge >= 0.3 is 16.1 Å². The van der Waals surface area contributed by atoms with Crippen LogP contribution >= 0.6 is 16.1 Å². The van der Waals surface area contributed by atoms with Crippen LogP contribution in [0, 0.1) is 11.8 Å². The maximum atomic E-state index is 15.1. The van der Waals surface area contributed by atoms with Gasteiger partial charge in [-0.15, -0.1) is 0 Å². The zero-order valence-electron chi connectivity index (χ0n) is 23.6. The fourth-order valence-corrected chi connectivity index (χ4v) is 7.16. The van der Waals surface area contributed by atoms with Crippen molar-refractivity contribution in [2.45, 2.75) is 37.4 Å². The van der Waals surface area contributed by atoms with E-state index in [1.54, 1.807) is 4.57 Å². The van der Waals surface area contributed by atoms with E-state index in [0.717, 1.165) is 0 Å². The van der Waals surface area contributed by atoms with Gasteiger partial charge in [-0.05, 0) is 12.3 Å². The molecule has 22 heteroatoms. The summed E-state index contributed by atoms with van der Waals surface area (Å²) in [6.07, 6.45) is 3.48. The lowest BCUT2D eigenvalue weighted by Gasteiger charge is -2.45. The Morgan fingerprint density at radius 1 is 1.20 bits per heavy atom. The van der Waals surface area contributed by atoms with E-state index >= 15 is 4.39 Å². The molecule has 0 amide bonds. The van der Waals surface area contributed by atoms with Crippen LogP contribution in [-0.4, -0.2) is 78.7 Å². The minimum atomic E-state index is -4.87. The summed E-state index contributed by atoms with van der Waals surface area (Å²) < 4.78 is 64.9. The van der Waals surface area contributed by atoms with E-state index in [9.17, 15) is 23.7 Å². The van der Waals surface area contributed by atoms with E-state index in [0.29, 0.717) is 17.6 Å². The highest BCUT2D eigenvalue weighted by Crippen LogP contribution is 2.55. The lowest BCUT2D eigenvalue weighted by molar-refractivity contribution is -0.0339. The normalized spacial score (nSPS) is 26.8. The molecule has 8 atom stereocenters. The Labute approximate surface area is 257 Å². The summed E-state index contributed by atoms with van der Waals surface area (Å²) in [5.74, 6) is -0.867. The predicted octanol–water partition coefficient (Wildman–Crippen LogP) is 1.64. The summed E-state index contributed by atoms with van der Waals surface area (Å²) in [4.78, 5) is 56.0. The van der Waals surface area contributed by atoms with Crippen LogP contribution in [-0.2, 0) is 27.4 Å². The molecule has 5 aromatic heterocycles. The number of hydrogen-bond acceptors (Lipinski definition) is 13. The third kappa shape index (κ3) is 5.41. The first kappa shape index (κ1) is 30.6. The quantitative estimate of drug-likeness (QED) is 0.114. The molecule has 1 aliphatic heterocycles. The summed E-state index contributed by atoms with van der Waals surface area (Å²) in [5.41, 5.74) is 6.61. The molecule has 0 bridgehead atoms. The summed E-state index contributed by atoms with van der Waals surface area (Å²) in [6.45, 7) is 3.02. The number of halogens is 1. The maximum Gasteiger partial charge on any atom is 0.527 e. The predicted molar refractivity (Wildman–Crippen MR) is 156 cm³/mol. The fraction of sp³-hybridized carbons (Fsp3) is 0.417. The summed E-state index contributed by atoms with van der Waals surface area (Å²) >= 11 is 0. The first-order chi connectivity index (χ1) is 22.0. The molecule has 2 aliphatic rings. The van der Waals surface area contributed by atoms with Crippen LogP contribution in [0.2, 0.25) is 0 Å². The van der Waals surface area contributed by atoms with E-state index in [1.165, 1.54) is 40.3 Å². The topological polar surface area (TPSA) is 249 Å². The molecule has 5 aromatic rings. The number of allylic oxidation sites excluding steroid dienone is 1. The Morgan fingerprint density at radius 2 is 1.98 bits per heavy atom. The van der Waals surface area contributed by atoms with Crippen LogP contribution in [0.5, 0.6) is 0 Å². The highest BCUT2D eigenvalue weighted by atomic mass is 31.2. The Kier molecular flexibility index (Phi) is 7.75. The standard InChI is InChI=1S/C24H27FN10O9P2/c1-11(17-12(6-41-45(37)38)4-14(17)34-9-30-18-20(26)28-8-29-21(18)34)44-46(39,40)42-7-15-13(25)5-16(43-15)35-10-31-19-22(35)32-24-27-2-3-33(24)23(19)36/h2-3,8-10,12-17,45H,1,4-7H2,(H,27,32)(H,37,38)(H,39,40)(H2,26,28,29)/t12-,13+,14-,15-,16-,17-/m1/s1. The van der Waals surface area contributed by atoms with Gasteiger partial charge in [0, 0.05) is 30.8 Å². The van der Waals surface area contributed by atoms with Gasteiger partial charge in [-0.2, -0.15) is 0 Å². The van der Waals surface area contributed by atoms with Crippen molar-refractivity contribution < 1.29 is 41.6 Å². The second-order valence-corrected chi connectivity index (χ2v) is 13.1. The number of nitrogens with zero attached hydrogens (tertiary/aromatic N) is 8. The van der Waals surface area contributed by atoms with Gasteiger partial charge in [-0.1, -0.05) is 6.58 Å². The molecule has 5 N–H and O–H groups in total. The van der Waals surface area contributed by atoms with Crippen molar-refractivity contribution in [3.8, 4) is 0 Å². The number of alkyl halides is 1. The Bertz CT molecular complexity index is 2100. The molecule has 46 heavy (non-hydrogen) atoms. The van der Waals surface area contributed by atoms with E-state index in [1.807, 2.05) is 0 Å². The minimum Gasteiger partial charge on any atom is -0.409 e. The van der Waals surface area contributed by atoms with Gasteiger partial charge < -0.3 is 34.0 Å². The molecular weight excluding hydrogens is 653 g/mol. The van der Waals surface area contributed by atoms with Crippen molar-refractivity contribution >= 4 is 50.0 Å². The minimum absolute atomic E-state index is 0.0973. The number of nitrogens with one attached hydrogen (secondary N) is 1. The lowest BCUT2D eigenvalue weighted by atomic mass is 9.68. The van der Waals surface area contributed by atoms with E-state index in [-0.39, 0.29) is 41.5 Å². The van der Waals surface area contributed by atoms with Gasteiger partial charge in [0.05, 0.1) is 25.9 Å². The van der Waals surface area contributed by atoms with Crippen LogP contribution in [0.3, 0.4) is 0 Å². The summed E-state index contributed by atoms with van der Waals surface area (Å²) in [7, 11) is -8.12. The van der Waals surface area contributed by atoms with E-state index in [2.05, 4.69) is 36.5 Å². The molecule has 1 saturated heterocycles. The molecule has 2 fully saturated rings. The Balaban J connectivity index is 1.03. The zero-order valence-corrected chi connectivity index (χ0v) is 25.5. The summed E-state index contributed by atoms with van der Waals surface area (Å²) in [6, 6.07) is -0.449. The third-order valence-electron chi connectivity index (χ3n) is 8.20. The largest absolute Gasteiger partial charge is 0.527 e. The SMILES string of the molecule is C=C(OP(=O)(O)OC[C@H]1O[C@@H](n2cnc3c(=O)n4ccnc4[nH]c32)C[C@@H]1F)[C@@H]1[C@@H](CO[PH](=O)O)C[C@H]1n1cnc2c(N)ncnc21. The molecule has 0 radical (unpaired) electrons. The Morgan fingerprint density at radius 3 is 2.78 bits per heavy atom. The molecule has 0 spiro atoms. The average molecular weight is 680 g/mol. The number of phosphoric acid groups is 1. The Hall–Kier alpha value is -4.03. The molecule has 2 unspecified atom stereocenters. The molecule has 6 heterocycles. The van der Waals surface area contributed by atoms with Crippen LogP contribution in [0.4, 0.5) is 10.2 Å². The van der Waals surface area contributed by atoms with Gasteiger partial charge in [0.25, 0.3) is 5.56 Å². The van der Waals surface area contributed by atoms with Gasteiger partial charge in [0.1, 0.15) is 41.8 Å². The number of phosphoric ester groups is 1. The number of fused-ring (bicyclic) bond motifs is 3. The third-order valence-corrected chi connectivity index (χ3v) is 9.55. The van der Waals surface area contributed by atoms with Crippen LogP contribution < -0.4 is 11.3 Å². The molecule has 1 aliphatic carbocycles. The molecule has 244 valence electrons. The molecule has 7 rings (SSSR count). The number of imidazole rings is 3. The zero-order chi connectivity index (χ0) is 32.3. The number of anilines is 1. The molecule has 19 nitrogen and oxygen atoms in total. The lowest BCUT2D eigenvalue weighted by Crippen LogP contribution is -2.42. The second kappa shape index (κ2) is 11.6. The van der Waals surface area contributed by atoms with Crippen LogP contribution in [0.1, 0.15) is 25.1 Å². The van der Waals surface area contributed by atoms with Crippen molar-refractivity contribution in [2.24, 2.45) is 11.8 Å². The van der Waals surface area contributed by atoms with E-state index in [4.69, 9.17) is 24.0 Å². The first-order valence-electron chi connectivity index (χ1n) is 13.9. The smallest absolute Gasteiger partial charge is 0.409 e. The van der Waals surface area contributed by atoms with Crippen molar-refractivity contribution in [1.82, 2.24) is 43.4 Å². The highest BCUT2D eigenvalue weighted by molar-refractivity contribution is 7.47. The van der Waals surface area contributed by atoms with Gasteiger partial charge in [0.15, 0.2) is 17.0 Å². The number of hydrogen-bond donors (Lipinski definition) is 4. The van der Waals surface area contributed by atoms with Gasteiger partial charge in [-0.25, -0.2) is 38.3 Å². The van der Waals surface area contributed by atoms with Crippen molar-refractivity contribution in [1.29, 1.82) is 0 Å². The second-order valence-electron chi connectivity index (χ2n) is 10.9. The average Bonchev–Trinajstić information content (AvgIpc) is 3.77. The van der Waals surface area contributed by atoms with Gasteiger partial charge in [0.2, 0.25) is 5.78 Å². The van der Waals surface area contributed by atoms with Crippen LogP contribution in [0.15, 0.2) is 48.5 Å². The number of rotatable bonds is 11. The number of aromatic amines is 1. The van der Waals surface area contributed by atoms with Crippen molar-refractivity contribution in [3.63, 3.8) is 0 Å². The number of H-pyrrole nitrogens is 1. The fourth-order valence-electron chi connectivity index (χ4n) is 6.00. The van der Waals surface area contributed by atoms with Crippen molar-refractivity contribution in [2.75, 3.05) is 18.9 Å². The number of nitrogens with two attached hydrogens (primary N) is 1. The monoisotopic (exact) mass is 680 g/mol. The first-order valence-corrected chi connectivity index (χ1v) is 16.6. The van der Waals surface area contributed by atoms with Gasteiger partial charge in [-0.3, -0.25) is 23.3 Å². The molecular formula is C24H27FN10O9P2. The molecule has 0 aromatic carbocycles. The highest BCUT2D eigenvalue weighted by Gasteiger charge is 2.48. The maximum absolute atomic E-state index is 15.1. The molecule has 1 saturated carbocycles. The van der Waals surface area contributed by atoms with Crippen LogP contribution in [0.25, 0.3) is 28.1 Å². The van der Waals surface area contributed by atoms with E-state index < -0.39 is 64.6 Å². The van der Waals surface area contributed by atoms with Crippen molar-refractivity contribution in [3.05, 3.63) is 54.1 Å². The number of nitrogen functional groups attached to an aromatic ring is 1. The summed E-state index contributed by atoms with van der Waals surface area (Å²) in [5, 5.41) is 0. The number of ether oxygens (including phenoxy) is 1.